The molecule has 0 aliphatic heterocycles. The van der Waals surface area contributed by atoms with E-state index in [-0.39, 0.29) is 12.1 Å². The van der Waals surface area contributed by atoms with Crippen molar-refractivity contribution in [2.24, 2.45) is 0 Å². The van der Waals surface area contributed by atoms with E-state index in [1.54, 1.807) is 34.9 Å². The number of hydrogen-bond donors (Lipinski definition) is 2. The van der Waals surface area contributed by atoms with E-state index in [1.807, 2.05) is 6.26 Å². The second kappa shape index (κ2) is 9.18. The Labute approximate surface area is 128 Å². The van der Waals surface area contributed by atoms with Gasteiger partial charge in [0.2, 0.25) is 0 Å². The summed E-state index contributed by atoms with van der Waals surface area (Å²) < 4.78 is 2.06. The van der Waals surface area contributed by atoms with Crippen molar-refractivity contribution in [3.8, 4) is 0 Å². The number of thioether (sulfide) groups is 2. The first-order valence-electron chi connectivity index (χ1n) is 6.56. The van der Waals surface area contributed by atoms with Crippen LogP contribution in [0.25, 0.3) is 0 Å². The molecule has 0 aliphatic rings. The van der Waals surface area contributed by atoms with E-state index in [1.165, 1.54) is 0 Å². The molecule has 1 unspecified atom stereocenters. The molecule has 4 nitrogen and oxygen atoms in total. The Balaban J connectivity index is 2.32. The van der Waals surface area contributed by atoms with E-state index in [2.05, 4.69) is 29.4 Å². The standard InChI is InChI=1S/C12H23N3OS3/c1-4-12(9-16,13-5-2)7-6-8-18-11-15-14-10(17-3)19-11/h13,16H,4-9H2,1-3H3. The highest BCUT2D eigenvalue weighted by atomic mass is 32.2. The third-order valence-electron chi connectivity index (χ3n) is 3.12. The summed E-state index contributed by atoms with van der Waals surface area (Å²) in [6.07, 6.45) is 5.04. The molecule has 0 aliphatic carbocycles. The molecule has 0 saturated heterocycles. The average Bonchev–Trinajstić information content (AvgIpc) is 2.90. The second-order valence-electron chi connectivity index (χ2n) is 4.31. The van der Waals surface area contributed by atoms with Crippen LogP contribution in [-0.4, -0.2) is 46.0 Å². The molecule has 7 heteroatoms. The van der Waals surface area contributed by atoms with Crippen LogP contribution in [0.3, 0.4) is 0 Å². The molecule has 0 fully saturated rings. The van der Waals surface area contributed by atoms with Crippen molar-refractivity contribution in [1.82, 2.24) is 15.5 Å². The molecule has 0 radical (unpaired) electrons. The van der Waals surface area contributed by atoms with Gasteiger partial charge in [-0.05, 0) is 32.1 Å². The van der Waals surface area contributed by atoms with Crippen molar-refractivity contribution >= 4 is 34.9 Å². The van der Waals surface area contributed by atoms with Crippen LogP contribution in [0.5, 0.6) is 0 Å². The van der Waals surface area contributed by atoms with Crippen molar-refractivity contribution in [3.63, 3.8) is 0 Å². The van der Waals surface area contributed by atoms with Crippen molar-refractivity contribution in [3.05, 3.63) is 0 Å². The second-order valence-corrected chi connectivity index (χ2v) is 7.69. The van der Waals surface area contributed by atoms with Gasteiger partial charge in [-0.2, -0.15) is 0 Å². The topological polar surface area (TPSA) is 58.0 Å². The molecule has 1 heterocycles. The largest absolute Gasteiger partial charge is 0.394 e. The number of hydrogen-bond acceptors (Lipinski definition) is 7. The van der Waals surface area contributed by atoms with Crippen LogP contribution in [-0.2, 0) is 0 Å². The Morgan fingerprint density at radius 1 is 1.32 bits per heavy atom. The van der Waals surface area contributed by atoms with Gasteiger partial charge in [0.15, 0.2) is 8.68 Å². The predicted molar refractivity (Wildman–Crippen MR) is 85.4 cm³/mol. The molecule has 1 aromatic heterocycles. The normalized spacial score (nSPS) is 14.5. The number of likely N-dealkylation sites (N-methyl/N-ethyl adjacent to an activating group) is 1. The summed E-state index contributed by atoms with van der Waals surface area (Å²) in [4.78, 5) is 0. The fraction of sp³-hybridized carbons (Fsp3) is 0.833. The SMILES string of the molecule is CCNC(CC)(CO)CCCSc1nnc(SC)s1. The molecule has 1 rings (SSSR count). The highest BCUT2D eigenvalue weighted by molar-refractivity contribution is 8.02. The zero-order valence-electron chi connectivity index (χ0n) is 11.8. The van der Waals surface area contributed by atoms with Crippen LogP contribution in [0.2, 0.25) is 0 Å². The van der Waals surface area contributed by atoms with Gasteiger partial charge in [0.05, 0.1) is 6.61 Å². The van der Waals surface area contributed by atoms with Crippen LogP contribution in [0.15, 0.2) is 8.68 Å². The quantitative estimate of drug-likeness (QED) is 0.510. The van der Waals surface area contributed by atoms with Crippen molar-refractivity contribution in [2.45, 2.75) is 47.3 Å². The van der Waals surface area contributed by atoms with Gasteiger partial charge in [0.25, 0.3) is 0 Å². The average molecular weight is 322 g/mol. The van der Waals surface area contributed by atoms with E-state index in [9.17, 15) is 5.11 Å². The van der Waals surface area contributed by atoms with Gasteiger partial charge in [-0.15, -0.1) is 10.2 Å². The maximum absolute atomic E-state index is 9.57. The maximum atomic E-state index is 9.57. The monoisotopic (exact) mass is 321 g/mol. The molecule has 0 bridgehead atoms. The molecule has 19 heavy (non-hydrogen) atoms. The first-order valence-corrected chi connectivity index (χ1v) is 9.58. The molecule has 0 saturated carbocycles. The smallest absolute Gasteiger partial charge is 0.175 e. The number of aromatic nitrogens is 2. The van der Waals surface area contributed by atoms with E-state index < -0.39 is 0 Å². The molecule has 1 atom stereocenters. The lowest BCUT2D eigenvalue weighted by Gasteiger charge is -2.31. The van der Waals surface area contributed by atoms with E-state index >= 15 is 0 Å². The number of rotatable bonds is 10. The van der Waals surface area contributed by atoms with Gasteiger partial charge in [-0.1, -0.05) is 48.7 Å². The number of aliphatic hydroxyl groups excluding tert-OH is 1. The zero-order valence-corrected chi connectivity index (χ0v) is 14.3. The summed E-state index contributed by atoms with van der Waals surface area (Å²) >= 11 is 5.05. The number of aliphatic hydroxyl groups is 1. The molecule has 0 aromatic carbocycles. The van der Waals surface area contributed by atoms with Crippen LogP contribution in [0, 0.1) is 0 Å². The minimum atomic E-state index is -0.110. The van der Waals surface area contributed by atoms with Gasteiger partial charge in [-0.25, -0.2) is 0 Å². The van der Waals surface area contributed by atoms with Crippen LogP contribution < -0.4 is 5.32 Å². The number of nitrogens with one attached hydrogen (secondary N) is 1. The highest BCUT2D eigenvalue weighted by Crippen LogP contribution is 2.28. The van der Waals surface area contributed by atoms with E-state index in [0.717, 1.165) is 40.2 Å². The lowest BCUT2D eigenvalue weighted by atomic mass is 9.91. The molecule has 1 aromatic rings. The molecular weight excluding hydrogens is 298 g/mol. The minimum absolute atomic E-state index is 0.110. The summed E-state index contributed by atoms with van der Waals surface area (Å²) in [6, 6.07) is 0. The fourth-order valence-electron chi connectivity index (χ4n) is 1.92. The molecule has 0 amide bonds. The first kappa shape index (κ1) is 17.2. The van der Waals surface area contributed by atoms with Gasteiger partial charge in [-0.3, -0.25) is 0 Å². The highest BCUT2D eigenvalue weighted by Gasteiger charge is 2.25. The minimum Gasteiger partial charge on any atom is -0.394 e. The number of nitrogens with zero attached hydrogens (tertiary/aromatic N) is 2. The zero-order chi connectivity index (χ0) is 14.1. The van der Waals surface area contributed by atoms with Gasteiger partial charge in [0, 0.05) is 11.3 Å². The van der Waals surface area contributed by atoms with E-state index in [0.29, 0.717) is 0 Å². The Kier molecular flexibility index (Phi) is 8.32. The molecular formula is C12H23N3OS3. The summed E-state index contributed by atoms with van der Waals surface area (Å²) in [7, 11) is 0. The van der Waals surface area contributed by atoms with Gasteiger partial charge < -0.3 is 10.4 Å². The van der Waals surface area contributed by atoms with Crippen molar-refractivity contribution in [1.29, 1.82) is 0 Å². The Morgan fingerprint density at radius 3 is 2.58 bits per heavy atom. The summed E-state index contributed by atoms with van der Waals surface area (Å²) in [5.41, 5.74) is -0.110. The lowest BCUT2D eigenvalue weighted by molar-refractivity contribution is 0.148. The van der Waals surface area contributed by atoms with Crippen LogP contribution in [0.4, 0.5) is 0 Å². The van der Waals surface area contributed by atoms with Crippen LogP contribution >= 0.6 is 34.9 Å². The predicted octanol–water partition coefficient (Wildman–Crippen LogP) is 2.88. The van der Waals surface area contributed by atoms with Crippen molar-refractivity contribution in [2.75, 3.05) is 25.2 Å². The maximum Gasteiger partial charge on any atom is 0.175 e. The van der Waals surface area contributed by atoms with Crippen LogP contribution in [0.1, 0.15) is 33.1 Å². The molecule has 110 valence electrons. The summed E-state index contributed by atoms with van der Waals surface area (Å²) in [5.74, 6) is 1.02. The Bertz CT molecular complexity index is 356. The fourth-order valence-corrected chi connectivity index (χ4v) is 4.37. The summed E-state index contributed by atoms with van der Waals surface area (Å²) in [5, 5.41) is 21.2. The van der Waals surface area contributed by atoms with E-state index in [4.69, 9.17) is 0 Å². The third-order valence-corrected chi connectivity index (χ3v) is 6.24. The van der Waals surface area contributed by atoms with Gasteiger partial charge in [0.1, 0.15) is 0 Å². The van der Waals surface area contributed by atoms with Gasteiger partial charge >= 0.3 is 0 Å². The molecule has 2 N–H and O–H groups in total. The Morgan fingerprint density at radius 2 is 2.05 bits per heavy atom. The Hall–Kier alpha value is 0.180. The lowest BCUT2D eigenvalue weighted by Crippen LogP contribution is -2.48. The third kappa shape index (κ3) is 5.59. The summed E-state index contributed by atoms with van der Waals surface area (Å²) in [6.45, 7) is 5.31. The molecule has 0 spiro atoms. The first-order chi connectivity index (χ1) is 9.19. The van der Waals surface area contributed by atoms with Crippen molar-refractivity contribution < 1.29 is 5.11 Å².